The number of nitrogens with one attached hydrogen (secondary N) is 1. The molecule has 0 aromatic heterocycles. The Kier molecular flexibility index (Phi) is 5.10. The second-order valence-electron chi connectivity index (χ2n) is 3.61. The normalized spacial score (nSPS) is 9.88. The van der Waals surface area contributed by atoms with E-state index in [1.165, 1.54) is 0 Å². The molecule has 0 radical (unpaired) electrons. The summed E-state index contributed by atoms with van der Waals surface area (Å²) in [6.07, 6.45) is 0. The van der Waals surface area contributed by atoms with Crippen LogP contribution in [0.1, 0.15) is 6.92 Å². The highest BCUT2D eigenvalue weighted by molar-refractivity contribution is 6.30. The van der Waals surface area contributed by atoms with Gasteiger partial charge in [0.2, 0.25) is 5.91 Å². The summed E-state index contributed by atoms with van der Waals surface area (Å²) in [5.74, 6) is 0.691. The number of rotatable bonds is 5. The van der Waals surface area contributed by atoms with Crippen LogP contribution < -0.4 is 10.1 Å². The molecule has 0 saturated heterocycles. The molecule has 0 atom stereocenters. The molecule has 1 amide bonds. The van der Waals surface area contributed by atoms with Crippen molar-refractivity contribution in [3.63, 3.8) is 0 Å². The van der Waals surface area contributed by atoms with Crippen LogP contribution in [0.2, 0.25) is 5.02 Å². The van der Waals surface area contributed by atoms with Crippen molar-refractivity contribution in [1.29, 1.82) is 0 Å². The number of likely N-dealkylation sites (N-methyl/N-ethyl adjacent to an activating group) is 1. The minimum atomic E-state index is 0.0227. The number of carbonyl (C=O) groups excluding carboxylic acids is 1. The zero-order valence-corrected chi connectivity index (χ0v) is 11.0. The SMILES string of the molecule is CCN(C)C(=O)CNc1cc(Cl)ccc1OC. The lowest BCUT2D eigenvalue weighted by molar-refractivity contribution is -0.127. The maximum absolute atomic E-state index is 11.6. The van der Waals surface area contributed by atoms with Crippen LogP contribution in [0.25, 0.3) is 0 Å². The first-order chi connectivity index (χ1) is 8.08. The average molecular weight is 257 g/mol. The van der Waals surface area contributed by atoms with E-state index in [0.29, 0.717) is 17.3 Å². The Morgan fingerprint density at radius 1 is 1.53 bits per heavy atom. The van der Waals surface area contributed by atoms with Crippen LogP contribution >= 0.6 is 11.6 Å². The molecule has 94 valence electrons. The first-order valence-corrected chi connectivity index (χ1v) is 5.77. The molecule has 0 heterocycles. The molecule has 1 N–H and O–H groups in total. The Bertz CT molecular complexity index is 396. The van der Waals surface area contributed by atoms with Crippen molar-refractivity contribution in [2.24, 2.45) is 0 Å². The van der Waals surface area contributed by atoms with E-state index in [1.54, 1.807) is 37.3 Å². The summed E-state index contributed by atoms with van der Waals surface area (Å²) in [5, 5.41) is 3.62. The molecule has 4 nitrogen and oxygen atoms in total. The molecule has 0 unspecified atom stereocenters. The highest BCUT2D eigenvalue weighted by atomic mass is 35.5. The molecule has 0 aliphatic heterocycles. The Morgan fingerprint density at radius 3 is 2.82 bits per heavy atom. The number of halogens is 1. The number of nitrogens with zero attached hydrogens (tertiary/aromatic N) is 1. The van der Waals surface area contributed by atoms with Crippen molar-refractivity contribution in [3.05, 3.63) is 23.2 Å². The predicted octanol–water partition coefficient (Wildman–Crippen LogP) is 2.24. The van der Waals surface area contributed by atoms with Crippen molar-refractivity contribution in [2.45, 2.75) is 6.92 Å². The van der Waals surface area contributed by atoms with E-state index in [-0.39, 0.29) is 12.5 Å². The topological polar surface area (TPSA) is 41.6 Å². The van der Waals surface area contributed by atoms with Gasteiger partial charge in [0.25, 0.3) is 0 Å². The van der Waals surface area contributed by atoms with Gasteiger partial charge < -0.3 is 15.0 Å². The maximum atomic E-state index is 11.6. The number of benzene rings is 1. The van der Waals surface area contributed by atoms with Crippen molar-refractivity contribution in [1.82, 2.24) is 4.90 Å². The second-order valence-corrected chi connectivity index (χ2v) is 4.04. The molecule has 1 aromatic rings. The van der Waals surface area contributed by atoms with Crippen LogP contribution in [-0.2, 0) is 4.79 Å². The molecular formula is C12H17ClN2O2. The highest BCUT2D eigenvalue weighted by Gasteiger charge is 2.08. The van der Waals surface area contributed by atoms with Crippen molar-refractivity contribution >= 4 is 23.2 Å². The third-order valence-corrected chi connectivity index (χ3v) is 2.73. The van der Waals surface area contributed by atoms with Gasteiger partial charge in [-0.2, -0.15) is 0 Å². The van der Waals surface area contributed by atoms with Crippen molar-refractivity contribution in [3.8, 4) is 5.75 Å². The van der Waals surface area contributed by atoms with Gasteiger partial charge in [-0.25, -0.2) is 0 Å². The third-order valence-electron chi connectivity index (χ3n) is 2.49. The number of methoxy groups -OCH3 is 1. The number of carbonyl (C=O) groups is 1. The standard InChI is InChI=1S/C12H17ClN2O2/c1-4-15(2)12(16)8-14-10-7-9(13)5-6-11(10)17-3/h5-7,14H,4,8H2,1-3H3. The van der Waals surface area contributed by atoms with Gasteiger partial charge in [-0.1, -0.05) is 11.6 Å². The van der Waals surface area contributed by atoms with Crippen LogP contribution in [-0.4, -0.2) is 38.1 Å². The van der Waals surface area contributed by atoms with E-state index in [9.17, 15) is 4.79 Å². The quantitative estimate of drug-likeness (QED) is 0.879. The Balaban J connectivity index is 2.68. The van der Waals surface area contributed by atoms with Crippen molar-refractivity contribution in [2.75, 3.05) is 32.6 Å². The van der Waals surface area contributed by atoms with Crippen LogP contribution in [0.15, 0.2) is 18.2 Å². The molecule has 17 heavy (non-hydrogen) atoms. The summed E-state index contributed by atoms with van der Waals surface area (Å²) in [5.41, 5.74) is 0.720. The molecule has 0 bridgehead atoms. The van der Waals surface area contributed by atoms with Gasteiger partial charge in [-0.05, 0) is 25.1 Å². The maximum Gasteiger partial charge on any atom is 0.241 e. The summed E-state index contributed by atoms with van der Waals surface area (Å²) >= 11 is 5.89. The molecular weight excluding hydrogens is 240 g/mol. The minimum Gasteiger partial charge on any atom is -0.495 e. The Morgan fingerprint density at radius 2 is 2.24 bits per heavy atom. The zero-order chi connectivity index (χ0) is 12.8. The van der Waals surface area contributed by atoms with Gasteiger partial charge in [0.1, 0.15) is 5.75 Å². The summed E-state index contributed by atoms with van der Waals surface area (Å²) in [6, 6.07) is 5.24. The number of hydrogen-bond donors (Lipinski definition) is 1. The highest BCUT2D eigenvalue weighted by Crippen LogP contribution is 2.27. The summed E-state index contributed by atoms with van der Waals surface area (Å²) < 4.78 is 5.17. The van der Waals surface area contributed by atoms with E-state index >= 15 is 0 Å². The smallest absolute Gasteiger partial charge is 0.241 e. The molecule has 0 saturated carbocycles. The Labute approximate surface area is 107 Å². The van der Waals surface area contributed by atoms with E-state index in [2.05, 4.69) is 5.32 Å². The lowest BCUT2D eigenvalue weighted by Gasteiger charge is -2.16. The predicted molar refractivity (Wildman–Crippen MR) is 69.8 cm³/mol. The zero-order valence-electron chi connectivity index (χ0n) is 10.3. The monoisotopic (exact) mass is 256 g/mol. The molecule has 5 heteroatoms. The number of hydrogen-bond acceptors (Lipinski definition) is 3. The number of ether oxygens (including phenoxy) is 1. The van der Waals surface area contributed by atoms with Gasteiger partial charge in [-0.15, -0.1) is 0 Å². The lowest BCUT2D eigenvalue weighted by Crippen LogP contribution is -2.31. The summed E-state index contributed by atoms with van der Waals surface area (Å²) in [7, 11) is 3.34. The second kappa shape index (κ2) is 6.35. The fourth-order valence-corrected chi connectivity index (χ4v) is 1.47. The van der Waals surface area contributed by atoms with E-state index in [0.717, 1.165) is 5.69 Å². The first-order valence-electron chi connectivity index (χ1n) is 5.39. The van der Waals surface area contributed by atoms with Crippen molar-refractivity contribution < 1.29 is 9.53 Å². The summed E-state index contributed by atoms with van der Waals surface area (Å²) in [6.45, 7) is 2.84. The molecule has 0 fully saturated rings. The van der Waals surface area contributed by atoms with Gasteiger partial charge in [-0.3, -0.25) is 4.79 Å². The first kappa shape index (κ1) is 13.6. The molecule has 1 aromatic carbocycles. The van der Waals surface area contributed by atoms with E-state index in [4.69, 9.17) is 16.3 Å². The third kappa shape index (κ3) is 3.82. The molecule has 0 aliphatic rings. The molecule has 0 aliphatic carbocycles. The van der Waals surface area contributed by atoms with Gasteiger partial charge in [0, 0.05) is 18.6 Å². The van der Waals surface area contributed by atoms with Crippen LogP contribution in [0.4, 0.5) is 5.69 Å². The largest absolute Gasteiger partial charge is 0.495 e. The fourth-order valence-electron chi connectivity index (χ4n) is 1.30. The fraction of sp³-hybridized carbons (Fsp3) is 0.417. The van der Waals surface area contributed by atoms with Gasteiger partial charge in [0.05, 0.1) is 19.3 Å². The Hall–Kier alpha value is -1.42. The molecule has 0 spiro atoms. The minimum absolute atomic E-state index is 0.0227. The number of anilines is 1. The van der Waals surface area contributed by atoms with E-state index < -0.39 is 0 Å². The average Bonchev–Trinajstić information content (AvgIpc) is 2.35. The van der Waals surface area contributed by atoms with Crippen LogP contribution in [0.3, 0.4) is 0 Å². The van der Waals surface area contributed by atoms with Crippen LogP contribution in [0.5, 0.6) is 5.75 Å². The molecule has 1 rings (SSSR count). The van der Waals surface area contributed by atoms with E-state index in [1.807, 2.05) is 6.92 Å². The number of amides is 1. The van der Waals surface area contributed by atoms with Crippen LogP contribution in [0, 0.1) is 0 Å². The lowest BCUT2D eigenvalue weighted by atomic mass is 10.3. The summed E-state index contributed by atoms with van der Waals surface area (Å²) in [4.78, 5) is 13.3. The van der Waals surface area contributed by atoms with Gasteiger partial charge in [0.15, 0.2) is 0 Å². The van der Waals surface area contributed by atoms with Gasteiger partial charge >= 0.3 is 0 Å².